The Morgan fingerprint density at radius 3 is 2.83 bits per heavy atom. The first-order valence-electron chi connectivity index (χ1n) is 5.61. The van der Waals surface area contributed by atoms with Crippen LogP contribution < -0.4 is 0 Å². The first-order chi connectivity index (χ1) is 8.58. The topological polar surface area (TPSA) is 33.1 Å². The van der Waals surface area contributed by atoms with Crippen LogP contribution in [0.15, 0.2) is 41.0 Å². The third kappa shape index (κ3) is 3.10. The molecule has 0 aliphatic heterocycles. The van der Waals surface area contributed by atoms with E-state index in [1.165, 1.54) is 0 Å². The molecule has 0 saturated carbocycles. The van der Waals surface area contributed by atoms with Crippen LogP contribution in [0.2, 0.25) is 5.02 Å². The molecule has 18 heavy (non-hydrogen) atoms. The van der Waals surface area contributed by atoms with E-state index in [2.05, 4.69) is 20.9 Å². The Kier molecular flexibility index (Phi) is 4.38. The van der Waals surface area contributed by atoms with Crippen molar-refractivity contribution >= 4 is 27.5 Å². The predicted molar refractivity (Wildman–Crippen MR) is 76.8 cm³/mol. The summed E-state index contributed by atoms with van der Waals surface area (Å²) in [5.41, 5.74) is 2.82. The van der Waals surface area contributed by atoms with Gasteiger partial charge in [0.05, 0.1) is 6.10 Å². The summed E-state index contributed by atoms with van der Waals surface area (Å²) in [5.74, 6) is 0. The van der Waals surface area contributed by atoms with Crippen molar-refractivity contribution in [3.05, 3.63) is 62.8 Å². The van der Waals surface area contributed by atoms with E-state index in [1.807, 2.05) is 25.1 Å². The zero-order chi connectivity index (χ0) is 13.1. The van der Waals surface area contributed by atoms with E-state index in [0.29, 0.717) is 11.4 Å². The highest BCUT2D eigenvalue weighted by Crippen LogP contribution is 2.28. The first-order valence-corrected chi connectivity index (χ1v) is 6.78. The second-order valence-electron chi connectivity index (χ2n) is 4.15. The van der Waals surface area contributed by atoms with Gasteiger partial charge in [-0.15, -0.1) is 0 Å². The molecule has 1 N–H and O–H groups in total. The van der Waals surface area contributed by atoms with Crippen molar-refractivity contribution in [2.75, 3.05) is 0 Å². The molecular weight excluding hydrogens is 314 g/mol. The fourth-order valence-electron chi connectivity index (χ4n) is 1.80. The van der Waals surface area contributed by atoms with Gasteiger partial charge in [-0.3, -0.25) is 4.98 Å². The number of halogens is 2. The monoisotopic (exact) mass is 325 g/mol. The molecule has 0 aliphatic rings. The smallest absolute Gasteiger partial charge is 0.0856 e. The molecule has 0 spiro atoms. The number of benzene rings is 1. The zero-order valence-electron chi connectivity index (χ0n) is 9.90. The quantitative estimate of drug-likeness (QED) is 0.922. The minimum atomic E-state index is -0.592. The maximum atomic E-state index is 10.3. The van der Waals surface area contributed by atoms with Crippen LogP contribution in [0, 0.1) is 6.92 Å². The number of hydrogen-bond acceptors (Lipinski definition) is 2. The number of rotatable bonds is 3. The van der Waals surface area contributed by atoms with Gasteiger partial charge in [0.15, 0.2) is 0 Å². The summed E-state index contributed by atoms with van der Waals surface area (Å²) in [6.45, 7) is 1.99. The Bertz CT molecular complexity index is 559. The van der Waals surface area contributed by atoms with Crippen LogP contribution in [0.3, 0.4) is 0 Å². The van der Waals surface area contributed by atoms with Crippen molar-refractivity contribution < 1.29 is 5.11 Å². The molecule has 2 rings (SSSR count). The molecule has 1 aromatic carbocycles. The van der Waals surface area contributed by atoms with Crippen molar-refractivity contribution in [3.63, 3.8) is 0 Å². The number of hydrogen-bond donors (Lipinski definition) is 1. The molecule has 0 amide bonds. The second kappa shape index (κ2) is 5.83. The third-order valence-electron chi connectivity index (χ3n) is 2.83. The minimum absolute atomic E-state index is 0.493. The zero-order valence-corrected chi connectivity index (χ0v) is 12.2. The molecule has 4 heteroatoms. The van der Waals surface area contributed by atoms with Gasteiger partial charge in [0.25, 0.3) is 0 Å². The Morgan fingerprint density at radius 2 is 2.17 bits per heavy atom. The SMILES string of the molecule is Cc1cccnc1CC(O)c1ccc(Cl)cc1Br. The number of aliphatic hydroxyl groups is 1. The lowest BCUT2D eigenvalue weighted by molar-refractivity contribution is 0.176. The highest BCUT2D eigenvalue weighted by Gasteiger charge is 2.14. The van der Waals surface area contributed by atoms with Gasteiger partial charge in [-0.2, -0.15) is 0 Å². The molecule has 0 radical (unpaired) electrons. The summed E-state index contributed by atoms with van der Waals surface area (Å²) in [5, 5.41) is 10.9. The average Bonchev–Trinajstić information content (AvgIpc) is 2.32. The molecule has 2 nitrogen and oxygen atoms in total. The molecule has 0 saturated heterocycles. The number of pyridine rings is 1. The van der Waals surface area contributed by atoms with E-state index in [4.69, 9.17) is 11.6 Å². The highest BCUT2D eigenvalue weighted by molar-refractivity contribution is 9.10. The summed E-state index contributed by atoms with van der Waals surface area (Å²) >= 11 is 9.30. The highest BCUT2D eigenvalue weighted by atomic mass is 79.9. The van der Waals surface area contributed by atoms with Crippen molar-refractivity contribution in [1.29, 1.82) is 0 Å². The standard InChI is InChI=1S/C14H13BrClNO/c1-9-3-2-6-17-13(9)8-14(18)11-5-4-10(16)7-12(11)15/h2-7,14,18H,8H2,1H3. The van der Waals surface area contributed by atoms with Gasteiger partial charge in [0, 0.05) is 27.8 Å². The number of aromatic nitrogens is 1. The summed E-state index contributed by atoms with van der Waals surface area (Å²) in [6, 6.07) is 9.27. The van der Waals surface area contributed by atoms with Crippen molar-refractivity contribution in [3.8, 4) is 0 Å². The maximum Gasteiger partial charge on any atom is 0.0856 e. The number of aryl methyl sites for hydroxylation is 1. The van der Waals surface area contributed by atoms with E-state index < -0.39 is 6.10 Å². The fraction of sp³-hybridized carbons (Fsp3) is 0.214. The Balaban J connectivity index is 2.22. The molecular formula is C14H13BrClNO. The van der Waals surface area contributed by atoms with Crippen molar-refractivity contribution in [1.82, 2.24) is 4.98 Å². The molecule has 0 aliphatic carbocycles. The van der Waals surface area contributed by atoms with E-state index >= 15 is 0 Å². The van der Waals surface area contributed by atoms with Gasteiger partial charge in [-0.1, -0.05) is 39.7 Å². The lowest BCUT2D eigenvalue weighted by atomic mass is 10.0. The minimum Gasteiger partial charge on any atom is -0.388 e. The third-order valence-corrected chi connectivity index (χ3v) is 3.75. The van der Waals surface area contributed by atoms with Gasteiger partial charge in [0.2, 0.25) is 0 Å². The molecule has 1 unspecified atom stereocenters. The van der Waals surface area contributed by atoms with Crippen LogP contribution in [0.25, 0.3) is 0 Å². The summed E-state index contributed by atoms with van der Waals surface area (Å²) in [4.78, 5) is 4.29. The largest absolute Gasteiger partial charge is 0.388 e. The van der Waals surface area contributed by atoms with Crippen LogP contribution in [0.4, 0.5) is 0 Å². The molecule has 1 atom stereocenters. The Morgan fingerprint density at radius 1 is 1.39 bits per heavy atom. The lowest BCUT2D eigenvalue weighted by Gasteiger charge is -2.14. The Hall–Kier alpha value is -0.900. The molecule has 1 heterocycles. The van der Waals surface area contributed by atoms with Gasteiger partial charge >= 0.3 is 0 Å². The molecule has 94 valence electrons. The van der Waals surface area contributed by atoms with Crippen LogP contribution in [0.5, 0.6) is 0 Å². The number of nitrogens with zero attached hydrogens (tertiary/aromatic N) is 1. The van der Waals surface area contributed by atoms with E-state index in [1.54, 1.807) is 18.3 Å². The van der Waals surface area contributed by atoms with Crippen LogP contribution in [0.1, 0.15) is 22.9 Å². The summed E-state index contributed by atoms with van der Waals surface area (Å²) in [7, 11) is 0. The molecule has 0 bridgehead atoms. The lowest BCUT2D eigenvalue weighted by Crippen LogP contribution is -2.05. The van der Waals surface area contributed by atoms with Gasteiger partial charge in [0.1, 0.15) is 0 Å². The molecule has 2 aromatic rings. The van der Waals surface area contributed by atoms with Gasteiger partial charge in [-0.25, -0.2) is 0 Å². The normalized spacial score (nSPS) is 12.4. The van der Waals surface area contributed by atoms with Gasteiger partial charge in [-0.05, 0) is 36.2 Å². The maximum absolute atomic E-state index is 10.3. The molecule has 0 fully saturated rings. The van der Waals surface area contributed by atoms with E-state index in [-0.39, 0.29) is 0 Å². The van der Waals surface area contributed by atoms with E-state index in [0.717, 1.165) is 21.3 Å². The van der Waals surface area contributed by atoms with Crippen LogP contribution in [-0.2, 0) is 6.42 Å². The molecule has 1 aromatic heterocycles. The van der Waals surface area contributed by atoms with E-state index in [9.17, 15) is 5.11 Å². The van der Waals surface area contributed by atoms with Crippen molar-refractivity contribution in [2.24, 2.45) is 0 Å². The fourth-order valence-corrected chi connectivity index (χ4v) is 2.74. The van der Waals surface area contributed by atoms with Crippen LogP contribution in [-0.4, -0.2) is 10.1 Å². The average molecular weight is 327 g/mol. The summed E-state index contributed by atoms with van der Waals surface area (Å²) < 4.78 is 0.816. The van der Waals surface area contributed by atoms with Gasteiger partial charge < -0.3 is 5.11 Å². The first kappa shape index (κ1) is 13.5. The van der Waals surface area contributed by atoms with Crippen molar-refractivity contribution in [2.45, 2.75) is 19.4 Å². The second-order valence-corrected chi connectivity index (χ2v) is 5.44. The predicted octanol–water partition coefficient (Wildman–Crippen LogP) is 4.08. The summed E-state index contributed by atoms with van der Waals surface area (Å²) in [6.07, 6.45) is 1.64. The van der Waals surface area contributed by atoms with Crippen LogP contribution >= 0.6 is 27.5 Å². The Labute approximate surface area is 120 Å². The number of aliphatic hydroxyl groups excluding tert-OH is 1.